The number of ether oxygens (including phenoxy) is 1. The second-order valence-electron chi connectivity index (χ2n) is 4.92. The second-order valence-corrected chi connectivity index (χ2v) is 4.92. The van der Waals surface area contributed by atoms with Gasteiger partial charge in [0.2, 0.25) is 11.8 Å². The van der Waals surface area contributed by atoms with Gasteiger partial charge in [-0.15, -0.1) is 0 Å². The molecule has 0 bridgehead atoms. The summed E-state index contributed by atoms with van der Waals surface area (Å²) in [6.45, 7) is 3.65. The smallest absolute Gasteiger partial charge is 0.225 e. The zero-order valence-corrected chi connectivity index (χ0v) is 11.2. The van der Waals surface area contributed by atoms with Gasteiger partial charge in [0.15, 0.2) is 0 Å². The van der Waals surface area contributed by atoms with Crippen molar-refractivity contribution in [3.05, 3.63) is 12.3 Å². The minimum Gasteiger partial charge on any atom is -0.477 e. The zero-order valence-electron chi connectivity index (χ0n) is 11.2. The van der Waals surface area contributed by atoms with Crippen LogP contribution in [-0.2, 0) is 0 Å². The third kappa shape index (κ3) is 4.17. The third-order valence-corrected chi connectivity index (χ3v) is 3.41. The third-order valence-electron chi connectivity index (χ3n) is 3.41. The van der Waals surface area contributed by atoms with Crippen LogP contribution in [0.5, 0.6) is 5.88 Å². The van der Waals surface area contributed by atoms with Crippen LogP contribution in [0, 0.1) is 5.92 Å². The van der Waals surface area contributed by atoms with Crippen LogP contribution in [0.3, 0.4) is 0 Å². The largest absolute Gasteiger partial charge is 0.477 e. The lowest BCUT2D eigenvalue weighted by Gasteiger charge is -2.14. The second kappa shape index (κ2) is 7.19. The minimum absolute atomic E-state index is 0.649. The summed E-state index contributed by atoms with van der Waals surface area (Å²) in [5.74, 6) is 2.03. The first-order chi connectivity index (χ1) is 8.88. The van der Waals surface area contributed by atoms with Crippen molar-refractivity contribution in [1.82, 2.24) is 9.97 Å². The van der Waals surface area contributed by atoms with Crippen LogP contribution in [0.25, 0.3) is 0 Å². The van der Waals surface area contributed by atoms with E-state index in [0.29, 0.717) is 17.7 Å². The van der Waals surface area contributed by atoms with Crippen LogP contribution in [0.2, 0.25) is 0 Å². The van der Waals surface area contributed by atoms with Crippen molar-refractivity contribution in [2.24, 2.45) is 5.92 Å². The molecule has 1 heterocycles. The molecule has 100 valence electrons. The zero-order chi connectivity index (χ0) is 12.6. The Balaban J connectivity index is 1.83. The highest BCUT2D eigenvalue weighted by Gasteiger charge is 2.13. The maximum atomic E-state index is 5.80. The molecule has 0 aliphatic heterocycles. The Bertz CT molecular complexity index is 349. The maximum Gasteiger partial charge on any atom is 0.225 e. The fraction of sp³-hybridized carbons (Fsp3) is 0.714. The van der Waals surface area contributed by atoms with Crippen molar-refractivity contribution in [3.8, 4) is 5.88 Å². The van der Waals surface area contributed by atoms with E-state index < -0.39 is 0 Å². The Morgan fingerprint density at radius 3 is 2.78 bits per heavy atom. The topological polar surface area (TPSA) is 47.0 Å². The number of nitrogens with zero attached hydrogens (tertiary/aromatic N) is 2. The van der Waals surface area contributed by atoms with Crippen molar-refractivity contribution in [2.75, 3.05) is 18.5 Å². The van der Waals surface area contributed by atoms with E-state index in [2.05, 4.69) is 15.3 Å². The predicted molar refractivity (Wildman–Crippen MR) is 72.9 cm³/mol. The molecule has 1 aromatic rings. The summed E-state index contributed by atoms with van der Waals surface area (Å²) in [5.41, 5.74) is 0. The lowest BCUT2D eigenvalue weighted by atomic mass is 10.0. The van der Waals surface area contributed by atoms with Gasteiger partial charge in [0.1, 0.15) is 0 Å². The van der Waals surface area contributed by atoms with E-state index in [1.165, 1.54) is 38.5 Å². The van der Waals surface area contributed by atoms with Crippen LogP contribution < -0.4 is 10.1 Å². The van der Waals surface area contributed by atoms with Gasteiger partial charge in [0.25, 0.3) is 0 Å². The highest BCUT2D eigenvalue weighted by atomic mass is 16.5. The molecule has 1 N–H and O–H groups in total. The normalized spacial score (nSPS) is 17.2. The van der Waals surface area contributed by atoms with E-state index in [-0.39, 0.29) is 0 Å². The van der Waals surface area contributed by atoms with Crippen molar-refractivity contribution < 1.29 is 4.74 Å². The molecule has 1 saturated carbocycles. The summed E-state index contributed by atoms with van der Waals surface area (Å²) in [6.07, 6.45) is 9.80. The van der Waals surface area contributed by atoms with E-state index in [0.717, 1.165) is 13.2 Å². The molecule has 1 fully saturated rings. The molecular weight excluding hydrogens is 226 g/mol. The molecule has 2 rings (SSSR count). The summed E-state index contributed by atoms with van der Waals surface area (Å²) in [7, 11) is 0. The number of aromatic nitrogens is 2. The number of hydrogen-bond donors (Lipinski definition) is 1. The van der Waals surface area contributed by atoms with Crippen LogP contribution in [0.15, 0.2) is 12.3 Å². The van der Waals surface area contributed by atoms with E-state index in [9.17, 15) is 0 Å². The van der Waals surface area contributed by atoms with E-state index >= 15 is 0 Å². The summed E-state index contributed by atoms with van der Waals surface area (Å²) in [4.78, 5) is 8.46. The molecule has 4 nitrogen and oxygen atoms in total. The molecule has 0 amide bonds. The molecule has 1 aromatic heterocycles. The standard InChI is InChI=1S/C14H23N3O/c1-2-15-14-16-10-9-13(17-14)18-11-12-7-5-3-4-6-8-12/h9-10,12H,2-8,11H2,1H3,(H,15,16,17). The summed E-state index contributed by atoms with van der Waals surface area (Å²) >= 11 is 0. The highest BCUT2D eigenvalue weighted by molar-refractivity contribution is 5.26. The van der Waals surface area contributed by atoms with Gasteiger partial charge < -0.3 is 10.1 Å². The molecule has 0 spiro atoms. The summed E-state index contributed by atoms with van der Waals surface area (Å²) < 4.78 is 5.80. The van der Waals surface area contributed by atoms with E-state index in [1.54, 1.807) is 6.20 Å². The quantitative estimate of drug-likeness (QED) is 0.814. The van der Waals surface area contributed by atoms with Crippen molar-refractivity contribution in [1.29, 1.82) is 0 Å². The van der Waals surface area contributed by atoms with Crippen molar-refractivity contribution in [2.45, 2.75) is 45.4 Å². The molecule has 0 aromatic carbocycles. The van der Waals surface area contributed by atoms with Crippen molar-refractivity contribution in [3.63, 3.8) is 0 Å². The van der Waals surface area contributed by atoms with Crippen LogP contribution in [0.1, 0.15) is 45.4 Å². The first kappa shape index (κ1) is 13.1. The predicted octanol–water partition coefficient (Wildman–Crippen LogP) is 3.26. The van der Waals surface area contributed by atoms with Gasteiger partial charge in [-0.2, -0.15) is 4.98 Å². The van der Waals surface area contributed by atoms with Gasteiger partial charge in [-0.1, -0.05) is 25.7 Å². The molecular formula is C14H23N3O. The maximum absolute atomic E-state index is 5.80. The first-order valence-electron chi connectivity index (χ1n) is 7.08. The minimum atomic E-state index is 0.649. The number of rotatable bonds is 5. The van der Waals surface area contributed by atoms with E-state index in [4.69, 9.17) is 4.74 Å². The molecule has 18 heavy (non-hydrogen) atoms. The number of nitrogens with one attached hydrogen (secondary N) is 1. The molecule has 4 heteroatoms. The van der Waals surface area contributed by atoms with Gasteiger partial charge >= 0.3 is 0 Å². The Labute approximate surface area is 109 Å². The number of hydrogen-bond acceptors (Lipinski definition) is 4. The molecule has 1 aliphatic carbocycles. The average molecular weight is 249 g/mol. The Kier molecular flexibility index (Phi) is 5.24. The lowest BCUT2D eigenvalue weighted by Crippen LogP contribution is -2.12. The van der Waals surface area contributed by atoms with Gasteiger partial charge in [-0.3, -0.25) is 0 Å². The highest BCUT2D eigenvalue weighted by Crippen LogP contribution is 2.23. The number of anilines is 1. The monoisotopic (exact) mass is 249 g/mol. The lowest BCUT2D eigenvalue weighted by molar-refractivity contribution is 0.226. The van der Waals surface area contributed by atoms with Crippen LogP contribution >= 0.6 is 0 Å². The van der Waals surface area contributed by atoms with Gasteiger partial charge in [-0.05, 0) is 25.7 Å². The average Bonchev–Trinajstić information content (AvgIpc) is 2.66. The molecule has 1 aliphatic rings. The summed E-state index contributed by atoms with van der Waals surface area (Å²) in [6, 6.07) is 1.83. The fourth-order valence-electron chi connectivity index (χ4n) is 2.40. The Morgan fingerprint density at radius 2 is 2.06 bits per heavy atom. The fourth-order valence-corrected chi connectivity index (χ4v) is 2.40. The van der Waals surface area contributed by atoms with Gasteiger partial charge in [0, 0.05) is 18.8 Å². The van der Waals surface area contributed by atoms with E-state index in [1.807, 2.05) is 13.0 Å². The van der Waals surface area contributed by atoms with Crippen LogP contribution in [0.4, 0.5) is 5.95 Å². The molecule has 0 atom stereocenters. The van der Waals surface area contributed by atoms with Gasteiger partial charge in [0.05, 0.1) is 6.61 Å². The first-order valence-corrected chi connectivity index (χ1v) is 7.08. The van der Waals surface area contributed by atoms with Crippen LogP contribution in [-0.4, -0.2) is 23.1 Å². The Hall–Kier alpha value is -1.32. The van der Waals surface area contributed by atoms with Crippen molar-refractivity contribution >= 4 is 5.95 Å². The Morgan fingerprint density at radius 1 is 1.28 bits per heavy atom. The molecule has 0 unspecified atom stereocenters. The SMILES string of the molecule is CCNc1nccc(OCC2CCCCCC2)n1. The molecule has 0 saturated heterocycles. The molecule has 0 radical (unpaired) electrons. The van der Waals surface area contributed by atoms with Gasteiger partial charge in [-0.25, -0.2) is 4.98 Å². The summed E-state index contributed by atoms with van der Waals surface area (Å²) in [5, 5.41) is 3.09.